The molecule has 0 aliphatic carbocycles. The third-order valence-electron chi connectivity index (χ3n) is 3.28. The van der Waals surface area contributed by atoms with E-state index >= 15 is 0 Å². The molecule has 3 N–H and O–H groups in total. The van der Waals surface area contributed by atoms with Crippen molar-refractivity contribution in [1.82, 2.24) is 5.32 Å². The van der Waals surface area contributed by atoms with Gasteiger partial charge in [-0.3, -0.25) is 19.8 Å². The number of esters is 1. The summed E-state index contributed by atoms with van der Waals surface area (Å²) in [6, 6.07) is 5.50. The lowest BCUT2D eigenvalue weighted by atomic mass is 10.2. The van der Waals surface area contributed by atoms with Gasteiger partial charge >= 0.3 is 24.1 Å². The number of hydrogen-bond donors (Lipinski definition) is 3. The van der Waals surface area contributed by atoms with Crippen LogP contribution < -0.4 is 15.5 Å². The van der Waals surface area contributed by atoms with Crippen LogP contribution in [0.2, 0.25) is 0 Å². The van der Waals surface area contributed by atoms with Crippen LogP contribution in [0.1, 0.15) is 34.1 Å². The van der Waals surface area contributed by atoms with Gasteiger partial charge in [-0.15, -0.1) is 0 Å². The molecule has 3 amide bonds. The molecular formula is C19H27N3O7. The number of carboxylic acids is 1. The molecule has 0 aliphatic heterocycles. The molecular weight excluding hydrogens is 382 g/mol. The SMILES string of the molecule is CCOC(=O)CN(C(=O)NCCC(=O)O)c1ccc(NC(=O)OC(C)(C)C)cc1. The molecule has 29 heavy (non-hydrogen) atoms. The van der Waals surface area contributed by atoms with Gasteiger partial charge in [-0.25, -0.2) is 9.59 Å². The van der Waals surface area contributed by atoms with Crippen molar-refractivity contribution >= 4 is 35.4 Å². The predicted molar refractivity (Wildman–Crippen MR) is 106 cm³/mol. The van der Waals surface area contributed by atoms with Crippen LogP contribution in [0.4, 0.5) is 21.0 Å². The van der Waals surface area contributed by atoms with Crippen molar-refractivity contribution in [3.8, 4) is 0 Å². The number of benzene rings is 1. The average molecular weight is 409 g/mol. The fourth-order valence-electron chi connectivity index (χ4n) is 2.13. The van der Waals surface area contributed by atoms with Crippen molar-refractivity contribution in [1.29, 1.82) is 0 Å². The van der Waals surface area contributed by atoms with E-state index in [0.717, 1.165) is 4.90 Å². The number of aliphatic carboxylic acids is 1. The Kier molecular flexibility index (Phi) is 8.91. The summed E-state index contributed by atoms with van der Waals surface area (Å²) in [5.41, 5.74) is 0.153. The van der Waals surface area contributed by atoms with E-state index in [2.05, 4.69) is 10.6 Å². The molecule has 1 aromatic rings. The molecule has 10 heteroatoms. The Hall–Kier alpha value is -3.30. The molecule has 0 heterocycles. The van der Waals surface area contributed by atoms with E-state index in [4.69, 9.17) is 14.6 Å². The summed E-state index contributed by atoms with van der Waals surface area (Å²) in [5.74, 6) is -1.67. The molecule has 160 valence electrons. The highest BCUT2D eigenvalue weighted by molar-refractivity contribution is 5.97. The van der Waals surface area contributed by atoms with E-state index in [1.165, 1.54) is 12.1 Å². The van der Waals surface area contributed by atoms with Crippen molar-refractivity contribution in [2.24, 2.45) is 0 Å². The molecule has 0 aromatic heterocycles. The molecule has 1 aromatic carbocycles. The standard InChI is InChI=1S/C19H27N3O7/c1-5-28-16(25)12-22(17(26)20-11-10-15(23)24)14-8-6-13(7-9-14)21-18(27)29-19(2,3)4/h6-9H,5,10-12H2,1-4H3,(H,20,26)(H,21,27)(H,23,24). The first-order valence-electron chi connectivity index (χ1n) is 9.04. The van der Waals surface area contributed by atoms with Crippen molar-refractivity contribution in [3.63, 3.8) is 0 Å². The van der Waals surface area contributed by atoms with Crippen molar-refractivity contribution in [3.05, 3.63) is 24.3 Å². The number of urea groups is 1. The molecule has 0 saturated carbocycles. The Labute approximate surface area is 169 Å². The van der Waals surface area contributed by atoms with Gasteiger partial charge in [-0.2, -0.15) is 0 Å². The van der Waals surface area contributed by atoms with Crippen LogP contribution in [0.15, 0.2) is 24.3 Å². The maximum Gasteiger partial charge on any atom is 0.412 e. The van der Waals surface area contributed by atoms with Gasteiger partial charge in [0.25, 0.3) is 0 Å². The van der Waals surface area contributed by atoms with Gasteiger partial charge in [0.1, 0.15) is 12.1 Å². The summed E-state index contributed by atoms with van der Waals surface area (Å²) in [7, 11) is 0. The van der Waals surface area contributed by atoms with Gasteiger partial charge in [0.2, 0.25) is 0 Å². The number of anilines is 2. The van der Waals surface area contributed by atoms with Gasteiger partial charge in [0.15, 0.2) is 0 Å². The second-order valence-electron chi connectivity index (χ2n) is 6.94. The van der Waals surface area contributed by atoms with Gasteiger partial charge in [-0.05, 0) is 52.0 Å². The third-order valence-corrected chi connectivity index (χ3v) is 3.28. The van der Waals surface area contributed by atoms with Crippen LogP contribution in [-0.4, -0.2) is 54.5 Å². The maximum atomic E-state index is 12.4. The van der Waals surface area contributed by atoms with Crippen molar-refractivity contribution < 1.29 is 33.8 Å². The van der Waals surface area contributed by atoms with E-state index in [1.807, 2.05) is 0 Å². The fourth-order valence-corrected chi connectivity index (χ4v) is 2.13. The van der Waals surface area contributed by atoms with Gasteiger partial charge in [-0.1, -0.05) is 0 Å². The molecule has 0 fully saturated rings. The van der Waals surface area contributed by atoms with Gasteiger partial charge < -0.3 is 19.9 Å². The Morgan fingerprint density at radius 2 is 1.72 bits per heavy atom. The molecule has 1 rings (SSSR count). The lowest BCUT2D eigenvalue weighted by molar-refractivity contribution is -0.141. The number of carbonyl (C=O) groups is 4. The zero-order chi connectivity index (χ0) is 22.0. The summed E-state index contributed by atoms with van der Waals surface area (Å²) in [5, 5.41) is 13.7. The first-order chi connectivity index (χ1) is 13.5. The average Bonchev–Trinajstić information content (AvgIpc) is 2.58. The number of nitrogens with one attached hydrogen (secondary N) is 2. The molecule has 0 spiro atoms. The number of nitrogens with zero attached hydrogens (tertiary/aromatic N) is 1. The maximum absolute atomic E-state index is 12.4. The Bertz CT molecular complexity index is 726. The smallest absolute Gasteiger partial charge is 0.412 e. The summed E-state index contributed by atoms with van der Waals surface area (Å²) < 4.78 is 10.0. The zero-order valence-corrected chi connectivity index (χ0v) is 17.0. The summed E-state index contributed by atoms with van der Waals surface area (Å²) in [6.45, 7) is 6.58. The number of carbonyl (C=O) groups excluding carboxylic acids is 3. The monoisotopic (exact) mass is 409 g/mol. The number of rotatable bonds is 8. The van der Waals surface area contributed by atoms with Crippen LogP contribution in [-0.2, 0) is 19.1 Å². The van der Waals surface area contributed by atoms with Crippen LogP contribution >= 0.6 is 0 Å². The molecule has 0 radical (unpaired) electrons. The minimum absolute atomic E-state index is 0.0915. The molecule has 0 aliphatic rings. The topological polar surface area (TPSA) is 134 Å². The largest absolute Gasteiger partial charge is 0.481 e. The minimum Gasteiger partial charge on any atom is -0.481 e. The van der Waals surface area contributed by atoms with E-state index < -0.39 is 29.7 Å². The zero-order valence-electron chi connectivity index (χ0n) is 17.0. The molecule has 0 saturated heterocycles. The molecule has 0 unspecified atom stereocenters. The Morgan fingerprint density at radius 1 is 1.10 bits per heavy atom. The lowest BCUT2D eigenvalue weighted by Crippen LogP contribution is -2.44. The summed E-state index contributed by atoms with van der Waals surface area (Å²) >= 11 is 0. The van der Waals surface area contributed by atoms with Crippen LogP contribution in [0.5, 0.6) is 0 Å². The second-order valence-corrected chi connectivity index (χ2v) is 6.94. The van der Waals surface area contributed by atoms with Crippen LogP contribution in [0.25, 0.3) is 0 Å². The Balaban J connectivity index is 2.88. The van der Waals surface area contributed by atoms with Gasteiger partial charge in [0.05, 0.1) is 13.0 Å². The fraction of sp³-hybridized carbons (Fsp3) is 0.474. The minimum atomic E-state index is -1.06. The van der Waals surface area contributed by atoms with Crippen LogP contribution in [0.3, 0.4) is 0 Å². The van der Waals surface area contributed by atoms with Gasteiger partial charge in [0, 0.05) is 17.9 Å². The highest BCUT2D eigenvalue weighted by Crippen LogP contribution is 2.19. The summed E-state index contributed by atoms with van der Waals surface area (Å²) in [4.78, 5) is 47.8. The predicted octanol–water partition coefficient (Wildman–Crippen LogP) is 2.59. The second kappa shape index (κ2) is 10.9. The number of hydrogen-bond acceptors (Lipinski definition) is 6. The Morgan fingerprint density at radius 3 is 2.24 bits per heavy atom. The number of ether oxygens (including phenoxy) is 2. The quantitative estimate of drug-likeness (QED) is 0.562. The molecule has 0 bridgehead atoms. The van der Waals surface area contributed by atoms with E-state index in [9.17, 15) is 19.2 Å². The first kappa shape index (κ1) is 23.7. The number of carboxylic acid groups (broad SMARTS) is 1. The summed E-state index contributed by atoms with van der Waals surface area (Å²) in [6.07, 6.45) is -0.877. The third kappa shape index (κ3) is 9.45. The molecule has 0 atom stereocenters. The molecule has 10 nitrogen and oxygen atoms in total. The normalized spacial score (nSPS) is 10.6. The number of amides is 3. The highest BCUT2D eigenvalue weighted by atomic mass is 16.6. The highest BCUT2D eigenvalue weighted by Gasteiger charge is 2.21. The van der Waals surface area contributed by atoms with E-state index in [0.29, 0.717) is 11.4 Å². The van der Waals surface area contributed by atoms with E-state index in [1.54, 1.807) is 39.8 Å². The van der Waals surface area contributed by atoms with E-state index in [-0.39, 0.29) is 26.1 Å². The van der Waals surface area contributed by atoms with Crippen molar-refractivity contribution in [2.45, 2.75) is 39.7 Å². The van der Waals surface area contributed by atoms with Crippen molar-refractivity contribution in [2.75, 3.05) is 29.9 Å². The van der Waals surface area contributed by atoms with Crippen LogP contribution in [0, 0.1) is 0 Å². The lowest BCUT2D eigenvalue weighted by Gasteiger charge is -2.23. The first-order valence-corrected chi connectivity index (χ1v) is 9.04.